The van der Waals surface area contributed by atoms with Gasteiger partial charge in [0.05, 0.1) is 42.2 Å². The number of nitrogens with two attached hydrogens (primary N) is 1. The number of ether oxygens (including phenoxy) is 2. The molecule has 0 aliphatic carbocycles. The highest BCUT2D eigenvalue weighted by atomic mass is 16.5. The SMILES string of the molecule is COc1cc2nc(-c3[nH]c4cc(C(=O)O)ccc4c3N)c(=O)[nH]c2cc1OC. The molecule has 0 aliphatic rings. The van der Waals surface area contributed by atoms with E-state index in [1.807, 2.05) is 0 Å². The van der Waals surface area contributed by atoms with Crippen molar-refractivity contribution in [2.45, 2.75) is 0 Å². The lowest BCUT2D eigenvalue weighted by Gasteiger charge is -2.09. The van der Waals surface area contributed by atoms with E-state index in [0.29, 0.717) is 44.8 Å². The first kappa shape index (κ1) is 17.4. The average molecular weight is 380 g/mol. The van der Waals surface area contributed by atoms with E-state index in [2.05, 4.69) is 15.0 Å². The van der Waals surface area contributed by atoms with E-state index < -0.39 is 11.5 Å². The summed E-state index contributed by atoms with van der Waals surface area (Å²) in [5.41, 5.74) is 8.03. The van der Waals surface area contributed by atoms with E-state index in [4.69, 9.17) is 20.3 Å². The van der Waals surface area contributed by atoms with Crippen LogP contribution in [0.25, 0.3) is 33.3 Å². The minimum Gasteiger partial charge on any atom is -0.493 e. The maximum Gasteiger partial charge on any atom is 0.335 e. The normalized spacial score (nSPS) is 11.1. The lowest BCUT2D eigenvalue weighted by atomic mass is 10.1. The highest BCUT2D eigenvalue weighted by molar-refractivity contribution is 6.02. The largest absolute Gasteiger partial charge is 0.493 e. The van der Waals surface area contributed by atoms with Crippen molar-refractivity contribution in [3.8, 4) is 22.9 Å². The Morgan fingerprint density at radius 2 is 1.79 bits per heavy atom. The van der Waals surface area contributed by atoms with Gasteiger partial charge in [-0.15, -0.1) is 0 Å². The molecule has 142 valence electrons. The third kappa shape index (κ3) is 2.60. The molecule has 0 bridgehead atoms. The molecule has 0 spiro atoms. The zero-order valence-electron chi connectivity index (χ0n) is 15.0. The molecule has 0 aliphatic heterocycles. The van der Waals surface area contributed by atoms with Crippen LogP contribution >= 0.6 is 0 Å². The molecule has 0 amide bonds. The lowest BCUT2D eigenvalue weighted by Crippen LogP contribution is -2.12. The van der Waals surface area contributed by atoms with Crippen LogP contribution < -0.4 is 20.8 Å². The molecule has 5 N–H and O–H groups in total. The summed E-state index contributed by atoms with van der Waals surface area (Å²) in [7, 11) is 3.01. The van der Waals surface area contributed by atoms with Gasteiger partial charge < -0.3 is 30.3 Å². The summed E-state index contributed by atoms with van der Waals surface area (Å²) < 4.78 is 10.5. The molecule has 2 aromatic carbocycles. The van der Waals surface area contributed by atoms with Gasteiger partial charge in [0.15, 0.2) is 17.2 Å². The molecule has 0 saturated heterocycles. The van der Waals surface area contributed by atoms with Gasteiger partial charge in [0.25, 0.3) is 5.56 Å². The van der Waals surface area contributed by atoms with Crippen LogP contribution in [0.3, 0.4) is 0 Å². The quantitative estimate of drug-likeness (QED) is 0.425. The topological polar surface area (TPSA) is 143 Å². The van der Waals surface area contributed by atoms with E-state index >= 15 is 0 Å². The van der Waals surface area contributed by atoms with Gasteiger partial charge in [-0.3, -0.25) is 4.79 Å². The number of aromatic amines is 2. The monoisotopic (exact) mass is 380 g/mol. The molecule has 28 heavy (non-hydrogen) atoms. The van der Waals surface area contributed by atoms with Gasteiger partial charge in [0, 0.05) is 23.0 Å². The number of aromatic nitrogens is 3. The number of carbonyl (C=O) groups is 1. The van der Waals surface area contributed by atoms with Crippen LogP contribution in [-0.2, 0) is 0 Å². The number of methoxy groups -OCH3 is 2. The number of carboxylic acids is 1. The lowest BCUT2D eigenvalue weighted by molar-refractivity contribution is 0.0697. The highest BCUT2D eigenvalue weighted by Gasteiger charge is 2.18. The van der Waals surface area contributed by atoms with Crippen LogP contribution in [0.2, 0.25) is 0 Å². The molecule has 2 heterocycles. The molecule has 4 aromatic rings. The number of hydrogen-bond donors (Lipinski definition) is 4. The standard InChI is InChI=1S/C19H16N4O5/c1-27-13-6-11-12(7-14(13)28-2)23-18(24)17(22-11)16-15(20)9-4-3-8(19(25)26)5-10(9)21-16/h3-7,21H,20H2,1-2H3,(H,23,24)(H,25,26). The first-order valence-electron chi connectivity index (χ1n) is 8.24. The minimum atomic E-state index is -1.06. The number of aromatic carboxylic acids is 1. The number of nitrogens with zero attached hydrogens (tertiary/aromatic N) is 1. The van der Waals surface area contributed by atoms with Gasteiger partial charge in [0.1, 0.15) is 0 Å². The van der Waals surface area contributed by atoms with E-state index in [9.17, 15) is 9.59 Å². The average Bonchev–Trinajstić information content (AvgIpc) is 3.02. The number of benzene rings is 2. The first-order valence-corrected chi connectivity index (χ1v) is 8.24. The second-order valence-electron chi connectivity index (χ2n) is 6.12. The van der Waals surface area contributed by atoms with E-state index in [0.717, 1.165) is 0 Å². The number of fused-ring (bicyclic) bond motifs is 2. The Kier molecular flexibility index (Phi) is 3.92. The summed E-state index contributed by atoms with van der Waals surface area (Å²) in [4.78, 5) is 34.0. The Bertz CT molecular complexity index is 1310. The Hall–Kier alpha value is -4.01. The third-order valence-electron chi connectivity index (χ3n) is 4.52. The van der Waals surface area contributed by atoms with Crippen molar-refractivity contribution < 1.29 is 19.4 Å². The van der Waals surface area contributed by atoms with Gasteiger partial charge >= 0.3 is 5.97 Å². The fourth-order valence-corrected chi connectivity index (χ4v) is 3.12. The van der Waals surface area contributed by atoms with Crippen molar-refractivity contribution in [3.63, 3.8) is 0 Å². The zero-order chi connectivity index (χ0) is 20.0. The Morgan fingerprint density at radius 1 is 1.07 bits per heavy atom. The Balaban J connectivity index is 1.95. The number of rotatable bonds is 4. The molecular weight excluding hydrogens is 364 g/mol. The van der Waals surface area contributed by atoms with Crippen molar-refractivity contribution in [1.29, 1.82) is 0 Å². The number of anilines is 1. The molecule has 0 saturated carbocycles. The van der Waals surface area contributed by atoms with E-state index in [1.54, 1.807) is 18.2 Å². The summed E-state index contributed by atoms with van der Waals surface area (Å²) in [6.45, 7) is 0. The van der Waals surface area contributed by atoms with Gasteiger partial charge in [-0.1, -0.05) is 0 Å². The molecular formula is C19H16N4O5. The van der Waals surface area contributed by atoms with Crippen molar-refractivity contribution >= 4 is 33.6 Å². The zero-order valence-corrected chi connectivity index (χ0v) is 15.0. The molecule has 0 unspecified atom stereocenters. The van der Waals surface area contributed by atoms with Crippen LogP contribution in [0.5, 0.6) is 11.5 Å². The molecule has 0 fully saturated rings. The summed E-state index contributed by atoms with van der Waals surface area (Å²) >= 11 is 0. The highest BCUT2D eigenvalue weighted by Crippen LogP contribution is 2.33. The summed E-state index contributed by atoms with van der Waals surface area (Å²) in [6.07, 6.45) is 0. The number of H-pyrrole nitrogens is 2. The maximum atomic E-state index is 12.6. The molecule has 0 radical (unpaired) electrons. The second-order valence-corrected chi connectivity index (χ2v) is 6.12. The molecule has 0 atom stereocenters. The second kappa shape index (κ2) is 6.31. The molecule has 4 rings (SSSR count). The van der Waals surface area contributed by atoms with E-state index in [1.165, 1.54) is 26.4 Å². The summed E-state index contributed by atoms with van der Waals surface area (Å²) in [6, 6.07) is 7.78. The van der Waals surface area contributed by atoms with Crippen molar-refractivity contribution in [2.24, 2.45) is 0 Å². The maximum absolute atomic E-state index is 12.6. The van der Waals surface area contributed by atoms with Crippen molar-refractivity contribution in [3.05, 3.63) is 46.2 Å². The van der Waals surface area contributed by atoms with Crippen LogP contribution in [0, 0.1) is 0 Å². The van der Waals surface area contributed by atoms with Gasteiger partial charge in [0.2, 0.25) is 0 Å². The predicted octanol–water partition coefficient (Wildman–Crippen LogP) is 2.37. The summed E-state index contributed by atoms with van der Waals surface area (Å²) in [5, 5.41) is 9.76. The van der Waals surface area contributed by atoms with Gasteiger partial charge in [-0.05, 0) is 18.2 Å². The molecule has 9 heteroatoms. The number of nitrogen functional groups attached to an aromatic ring is 1. The predicted molar refractivity (Wildman–Crippen MR) is 104 cm³/mol. The fraction of sp³-hybridized carbons (Fsp3) is 0.105. The van der Waals surface area contributed by atoms with Crippen LogP contribution in [0.4, 0.5) is 5.69 Å². The smallest absolute Gasteiger partial charge is 0.335 e. The fourth-order valence-electron chi connectivity index (χ4n) is 3.12. The van der Waals surface area contributed by atoms with Gasteiger partial charge in [-0.25, -0.2) is 9.78 Å². The van der Waals surface area contributed by atoms with Crippen molar-refractivity contribution in [2.75, 3.05) is 20.0 Å². The number of hydrogen-bond acceptors (Lipinski definition) is 6. The third-order valence-corrected chi connectivity index (χ3v) is 4.52. The number of nitrogens with one attached hydrogen (secondary N) is 2. The van der Waals surface area contributed by atoms with Crippen LogP contribution in [0.1, 0.15) is 10.4 Å². The van der Waals surface area contributed by atoms with Gasteiger partial charge in [-0.2, -0.15) is 0 Å². The van der Waals surface area contributed by atoms with Crippen molar-refractivity contribution in [1.82, 2.24) is 15.0 Å². The van der Waals surface area contributed by atoms with E-state index in [-0.39, 0.29) is 11.3 Å². The molecule has 2 aromatic heterocycles. The van der Waals surface area contributed by atoms with Crippen LogP contribution in [-0.4, -0.2) is 40.2 Å². The molecule has 9 nitrogen and oxygen atoms in total. The first-order chi connectivity index (χ1) is 13.4. The Labute approximate surface area is 157 Å². The minimum absolute atomic E-state index is 0.0882. The summed E-state index contributed by atoms with van der Waals surface area (Å²) in [5.74, 6) is -0.123. The van der Waals surface area contributed by atoms with Crippen LogP contribution in [0.15, 0.2) is 35.1 Å². The Morgan fingerprint density at radius 3 is 2.46 bits per heavy atom. The number of carboxylic acid groups (broad SMARTS) is 1.